The van der Waals surface area contributed by atoms with Gasteiger partial charge >= 0.3 is 0 Å². The van der Waals surface area contributed by atoms with Gasteiger partial charge in [0.1, 0.15) is 0 Å². The Morgan fingerprint density at radius 1 is 0.679 bits per heavy atom. The first kappa shape index (κ1) is 27.2. The first-order valence-electron chi connectivity index (χ1n) is 12.2. The lowest BCUT2D eigenvalue weighted by molar-refractivity contribution is -0.864. The molecule has 166 valence electrons. The van der Waals surface area contributed by atoms with Crippen LogP contribution < -0.4 is 5.73 Å². The Kier molecular flexibility index (Phi) is 17.7. The van der Waals surface area contributed by atoms with E-state index in [4.69, 9.17) is 5.73 Å². The summed E-state index contributed by atoms with van der Waals surface area (Å²) in [7, 11) is 6.39. The van der Waals surface area contributed by atoms with Crippen molar-refractivity contribution in [2.75, 3.05) is 27.7 Å². The molecule has 0 unspecified atom stereocenters. The van der Waals surface area contributed by atoms with Crippen molar-refractivity contribution in [3.8, 4) is 0 Å². The van der Waals surface area contributed by atoms with Crippen LogP contribution in [0.5, 0.6) is 0 Å². The zero-order valence-corrected chi connectivity index (χ0v) is 19.7. The highest BCUT2D eigenvalue weighted by molar-refractivity contribution is 5.91. The van der Waals surface area contributed by atoms with Crippen LogP contribution in [-0.4, -0.2) is 38.1 Å². The van der Waals surface area contributed by atoms with E-state index in [0.29, 0.717) is 0 Å². The van der Waals surface area contributed by atoms with Gasteiger partial charge in [0, 0.05) is 5.57 Å². The van der Waals surface area contributed by atoms with Crippen molar-refractivity contribution >= 4 is 5.91 Å². The quantitative estimate of drug-likeness (QED) is 0.138. The Morgan fingerprint density at radius 3 is 1.36 bits per heavy atom. The molecule has 0 aromatic heterocycles. The van der Waals surface area contributed by atoms with Gasteiger partial charge < -0.3 is 10.2 Å². The van der Waals surface area contributed by atoms with E-state index in [9.17, 15) is 4.79 Å². The molecule has 0 saturated heterocycles. The Balaban J connectivity index is 3.44. The molecule has 0 radical (unpaired) electrons. The number of likely N-dealkylation sites (N-methyl/N-ethyl adjacent to an activating group) is 1. The molecule has 3 nitrogen and oxygen atoms in total. The Labute approximate surface area is 176 Å². The maximum absolute atomic E-state index is 11.6. The van der Waals surface area contributed by atoms with Crippen LogP contribution in [0, 0.1) is 0 Å². The van der Waals surface area contributed by atoms with E-state index < -0.39 is 0 Å². The van der Waals surface area contributed by atoms with Crippen LogP contribution in [0.1, 0.15) is 116 Å². The van der Waals surface area contributed by atoms with Crippen molar-refractivity contribution in [1.29, 1.82) is 0 Å². The first-order chi connectivity index (χ1) is 13.4. The Bertz CT molecular complexity index is 396. The normalized spacial score (nSPS) is 12.5. The minimum Gasteiger partial charge on any atom is -0.366 e. The van der Waals surface area contributed by atoms with Crippen molar-refractivity contribution in [1.82, 2.24) is 0 Å². The maximum Gasteiger partial charge on any atom is 0.244 e. The van der Waals surface area contributed by atoms with Crippen molar-refractivity contribution in [2.45, 2.75) is 116 Å². The molecule has 1 amide bonds. The molecular weight excluding hydrogens is 344 g/mol. The van der Waals surface area contributed by atoms with E-state index in [1.165, 1.54) is 96.3 Å². The number of unbranched alkanes of at least 4 members (excludes halogenated alkanes) is 15. The Hall–Kier alpha value is -0.830. The second-order valence-electron chi connectivity index (χ2n) is 9.62. The fraction of sp³-hybridized carbons (Fsp3) is 0.880. The number of hydrogen-bond donors (Lipinski definition) is 1. The van der Waals surface area contributed by atoms with Gasteiger partial charge in [0.05, 0.1) is 27.7 Å². The fourth-order valence-corrected chi connectivity index (χ4v) is 3.57. The molecule has 0 saturated carbocycles. The molecule has 3 heteroatoms. The monoisotopic (exact) mass is 395 g/mol. The molecule has 0 aliphatic heterocycles. The third-order valence-corrected chi connectivity index (χ3v) is 5.50. The molecule has 0 aromatic rings. The van der Waals surface area contributed by atoms with Gasteiger partial charge in [-0.2, -0.15) is 0 Å². The van der Waals surface area contributed by atoms with Gasteiger partial charge in [-0.1, -0.05) is 103 Å². The minimum absolute atomic E-state index is 0.241. The summed E-state index contributed by atoms with van der Waals surface area (Å²) in [5.74, 6) is -0.241. The Morgan fingerprint density at radius 2 is 1.04 bits per heavy atom. The lowest BCUT2D eigenvalue weighted by atomic mass is 10.0. The van der Waals surface area contributed by atoms with Gasteiger partial charge in [-0.05, 0) is 18.9 Å². The number of nitrogens with zero attached hydrogens (tertiary/aromatic N) is 1. The molecule has 0 aliphatic rings. The third kappa shape index (κ3) is 19.9. The summed E-state index contributed by atoms with van der Waals surface area (Å²) in [6, 6.07) is 0. The highest BCUT2D eigenvalue weighted by Crippen LogP contribution is 2.15. The zero-order chi connectivity index (χ0) is 21.1. The van der Waals surface area contributed by atoms with E-state index in [-0.39, 0.29) is 5.91 Å². The molecule has 0 atom stereocenters. The second kappa shape index (κ2) is 18.2. The van der Waals surface area contributed by atoms with Crippen molar-refractivity contribution in [2.24, 2.45) is 5.73 Å². The van der Waals surface area contributed by atoms with Crippen LogP contribution in [0.15, 0.2) is 11.6 Å². The molecule has 0 fully saturated rings. The zero-order valence-electron chi connectivity index (χ0n) is 19.7. The van der Waals surface area contributed by atoms with Crippen molar-refractivity contribution < 1.29 is 9.28 Å². The predicted molar refractivity (Wildman–Crippen MR) is 124 cm³/mol. The molecule has 0 aromatic carbocycles. The molecule has 28 heavy (non-hydrogen) atoms. The number of amides is 1. The van der Waals surface area contributed by atoms with Crippen molar-refractivity contribution in [3.05, 3.63) is 11.6 Å². The molecule has 2 N–H and O–H groups in total. The van der Waals surface area contributed by atoms with Crippen LogP contribution in [0.4, 0.5) is 0 Å². The van der Waals surface area contributed by atoms with Gasteiger partial charge in [-0.15, -0.1) is 0 Å². The maximum atomic E-state index is 11.6. The highest BCUT2D eigenvalue weighted by atomic mass is 16.1. The molecule has 0 aliphatic carbocycles. The summed E-state index contributed by atoms with van der Waals surface area (Å²) in [6.45, 7) is 3.14. The summed E-state index contributed by atoms with van der Waals surface area (Å²) in [5, 5.41) is 0. The number of nitrogens with two attached hydrogens (primary N) is 1. The van der Waals surface area contributed by atoms with E-state index in [2.05, 4.69) is 28.1 Å². The van der Waals surface area contributed by atoms with E-state index in [0.717, 1.165) is 29.4 Å². The van der Waals surface area contributed by atoms with Gasteiger partial charge in [0.25, 0.3) is 0 Å². The van der Waals surface area contributed by atoms with E-state index in [1.807, 2.05) is 6.08 Å². The first-order valence-corrected chi connectivity index (χ1v) is 12.2. The van der Waals surface area contributed by atoms with Crippen LogP contribution in [0.3, 0.4) is 0 Å². The molecule has 0 spiro atoms. The van der Waals surface area contributed by atoms with Gasteiger partial charge in [0.15, 0.2) is 0 Å². The highest BCUT2D eigenvalue weighted by Gasteiger charge is 2.09. The van der Waals surface area contributed by atoms with E-state index in [1.54, 1.807) is 0 Å². The summed E-state index contributed by atoms with van der Waals surface area (Å²) in [5.41, 5.74) is 6.34. The van der Waals surface area contributed by atoms with Gasteiger partial charge in [0.2, 0.25) is 5.91 Å². The third-order valence-electron chi connectivity index (χ3n) is 5.50. The second-order valence-corrected chi connectivity index (χ2v) is 9.62. The average Bonchev–Trinajstić information content (AvgIpc) is 2.62. The van der Waals surface area contributed by atoms with Crippen LogP contribution in [-0.2, 0) is 4.79 Å². The number of carbonyl (C=O) groups is 1. The molecular formula is C25H51N2O+. The lowest BCUT2D eigenvalue weighted by Gasteiger charge is -2.22. The number of rotatable bonds is 20. The predicted octanol–water partition coefficient (Wildman–Crippen LogP) is 6.76. The number of hydrogen-bond acceptors (Lipinski definition) is 1. The smallest absolute Gasteiger partial charge is 0.244 e. The number of quaternary nitrogens is 1. The molecule has 0 rings (SSSR count). The molecule has 0 bridgehead atoms. The van der Waals surface area contributed by atoms with E-state index >= 15 is 0 Å². The SMILES string of the molecule is CCCCCCCCCCCCCCCCCCC(=CC[N+](C)(C)C)C(N)=O. The largest absolute Gasteiger partial charge is 0.366 e. The summed E-state index contributed by atoms with van der Waals surface area (Å²) < 4.78 is 0.829. The van der Waals surface area contributed by atoms with Crippen molar-refractivity contribution in [3.63, 3.8) is 0 Å². The molecule has 0 heterocycles. The number of carbonyl (C=O) groups excluding carboxylic acids is 1. The lowest BCUT2D eigenvalue weighted by Crippen LogP contribution is -2.34. The van der Waals surface area contributed by atoms with Crippen LogP contribution in [0.25, 0.3) is 0 Å². The summed E-state index contributed by atoms with van der Waals surface area (Å²) in [4.78, 5) is 11.6. The topological polar surface area (TPSA) is 43.1 Å². The van der Waals surface area contributed by atoms with Crippen LogP contribution in [0.2, 0.25) is 0 Å². The average molecular weight is 396 g/mol. The minimum atomic E-state index is -0.241. The summed E-state index contributed by atoms with van der Waals surface area (Å²) in [6.07, 6.45) is 24.8. The van der Waals surface area contributed by atoms with Gasteiger partial charge in [-0.25, -0.2) is 0 Å². The van der Waals surface area contributed by atoms with Gasteiger partial charge in [-0.3, -0.25) is 4.79 Å². The standard InChI is InChI=1S/C25H50N2O/c1-5-6-7-8-9-10-11-12-13-14-15-16-17-18-19-20-21-24(25(26)28)22-23-27(2,3)4/h22H,5-21,23H2,1-4H3,(H-,26,28)/p+1. The fourth-order valence-electron chi connectivity index (χ4n) is 3.57. The number of primary amides is 1. The van der Waals surface area contributed by atoms with Crippen LogP contribution >= 0.6 is 0 Å². The summed E-state index contributed by atoms with van der Waals surface area (Å²) >= 11 is 0.